The largest absolute Gasteiger partial charge is 0.382 e. The summed E-state index contributed by atoms with van der Waals surface area (Å²) in [7, 11) is 1.60. The highest BCUT2D eigenvalue weighted by Gasteiger charge is 2.50. The monoisotopic (exact) mass is 308 g/mol. The molecule has 0 bridgehead atoms. The summed E-state index contributed by atoms with van der Waals surface area (Å²) in [4.78, 5) is 24.8. The van der Waals surface area contributed by atoms with Crippen LogP contribution in [0.4, 0.5) is 4.79 Å². The molecule has 0 spiro atoms. The lowest BCUT2D eigenvalue weighted by atomic mass is 10.1. The van der Waals surface area contributed by atoms with E-state index in [4.69, 9.17) is 26.0 Å². The summed E-state index contributed by atoms with van der Waals surface area (Å²) in [6, 6.07) is -0.512. The number of hydrogen-bond acceptors (Lipinski definition) is 5. The van der Waals surface area contributed by atoms with Gasteiger partial charge in [0.05, 0.1) is 39.6 Å². The van der Waals surface area contributed by atoms with Crippen molar-refractivity contribution < 1.29 is 23.8 Å². The summed E-state index contributed by atoms with van der Waals surface area (Å²) in [5, 5.41) is 0. The van der Waals surface area contributed by atoms with E-state index in [0.29, 0.717) is 26.4 Å². The van der Waals surface area contributed by atoms with Crippen molar-refractivity contribution in [3.05, 3.63) is 0 Å². The second-order valence-electron chi connectivity index (χ2n) is 4.80. The first-order chi connectivity index (χ1) is 9.42. The fraction of sp³-hybridized carbons (Fsp3) is 0.833. The standard InChI is InChI=1S/C12H21ClN2O5/c1-12(2)10(16)14(11(17)15(12)13)4-5-19-8-9-20-7-6-18-3/h4-9H2,1-3H3. The van der Waals surface area contributed by atoms with Gasteiger partial charge in [0.1, 0.15) is 5.54 Å². The Hall–Kier alpha value is -0.890. The van der Waals surface area contributed by atoms with Gasteiger partial charge in [-0.25, -0.2) is 9.21 Å². The molecule has 1 heterocycles. The lowest BCUT2D eigenvalue weighted by Crippen LogP contribution is -2.39. The Labute approximate surface area is 123 Å². The molecule has 8 heteroatoms. The number of nitrogens with zero attached hydrogens (tertiary/aromatic N) is 2. The van der Waals surface area contributed by atoms with E-state index in [2.05, 4.69) is 0 Å². The van der Waals surface area contributed by atoms with E-state index >= 15 is 0 Å². The van der Waals surface area contributed by atoms with E-state index in [1.54, 1.807) is 21.0 Å². The molecule has 7 nitrogen and oxygen atoms in total. The van der Waals surface area contributed by atoms with Crippen molar-refractivity contribution >= 4 is 23.7 Å². The Kier molecular flexibility index (Phi) is 6.67. The van der Waals surface area contributed by atoms with Crippen molar-refractivity contribution in [2.75, 3.05) is 46.7 Å². The zero-order valence-electron chi connectivity index (χ0n) is 12.1. The van der Waals surface area contributed by atoms with E-state index in [0.717, 1.165) is 9.32 Å². The quantitative estimate of drug-likeness (QED) is 0.359. The van der Waals surface area contributed by atoms with Gasteiger partial charge in [0.2, 0.25) is 0 Å². The van der Waals surface area contributed by atoms with Gasteiger partial charge in [0, 0.05) is 18.9 Å². The molecule has 0 aromatic rings. The van der Waals surface area contributed by atoms with E-state index in [1.807, 2.05) is 0 Å². The summed E-state index contributed by atoms with van der Waals surface area (Å²) < 4.78 is 16.3. The average Bonchev–Trinajstić information content (AvgIpc) is 2.56. The molecule has 0 saturated carbocycles. The molecule has 0 aromatic carbocycles. The van der Waals surface area contributed by atoms with Crippen LogP contribution in [0.2, 0.25) is 0 Å². The summed E-state index contributed by atoms with van der Waals surface area (Å²) >= 11 is 5.80. The molecule has 0 unspecified atom stereocenters. The van der Waals surface area contributed by atoms with Gasteiger partial charge in [0.25, 0.3) is 5.91 Å². The third-order valence-electron chi connectivity index (χ3n) is 2.92. The minimum Gasteiger partial charge on any atom is -0.382 e. The van der Waals surface area contributed by atoms with Crippen molar-refractivity contribution in [1.82, 2.24) is 9.32 Å². The van der Waals surface area contributed by atoms with Crippen molar-refractivity contribution in [2.24, 2.45) is 0 Å². The molecule has 0 atom stereocenters. The zero-order chi connectivity index (χ0) is 15.2. The van der Waals surface area contributed by atoms with Crippen molar-refractivity contribution in [2.45, 2.75) is 19.4 Å². The highest BCUT2D eigenvalue weighted by molar-refractivity contribution is 6.27. The van der Waals surface area contributed by atoms with Crippen LogP contribution in [0.1, 0.15) is 13.8 Å². The highest BCUT2D eigenvalue weighted by atomic mass is 35.5. The number of amides is 3. The van der Waals surface area contributed by atoms with Crippen molar-refractivity contribution in [3.8, 4) is 0 Å². The average molecular weight is 309 g/mol. The molecule has 1 aliphatic rings. The fourth-order valence-electron chi connectivity index (χ4n) is 1.66. The van der Waals surface area contributed by atoms with Crippen molar-refractivity contribution in [3.63, 3.8) is 0 Å². The van der Waals surface area contributed by atoms with E-state index in [1.165, 1.54) is 0 Å². The van der Waals surface area contributed by atoms with Crippen LogP contribution >= 0.6 is 11.8 Å². The third-order valence-corrected chi connectivity index (χ3v) is 3.49. The molecule has 0 aromatic heterocycles. The number of urea groups is 1. The smallest absolute Gasteiger partial charge is 0.342 e. The van der Waals surface area contributed by atoms with E-state index in [9.17, 15) is 9.59 Å². The Balaban J connectivity index is 2.20. The SMILES string of the molecule is COCCOCCOCCN1C(=O)N(Cl)C(C)(C)C1=O. The molecular formula is C12H21ClN2O5. The van der Waals surface area contributed by atoms with E-state index < -0.39 is 11.6 Å². The van der Waals surface area contributed by atoms with Gasteiger partial charge in [-0.15, -0.1) is 0 Å². The molecule has 3 amide bonds. The lowest BCUT2D eigenvalue weighted by Gasteiger charge is -2.19. The van der Waals surface area contributed by atoms with Gasteiger partial charge < -0.3 is 14.2 Å². The molecule has 1 aliphatic heterocycles. The van der Waals surface area contributed by atoms with Gasteiger partial charge in [-0.1, -0.05) is 0 Å². The van der Waals surface area contributed by atoms with Gasteiger partial charge in [-0.3, -0.25) is 9.69 Å². The first-order valence-electron chi connectivity index (χ1n) is 6.39. The van der Waals surface area contributed by atoms with Crippen LogP contribution in [-0.4, -0.2) is 73.5 Å². The Morgan fingerprint density at radius 3 is 2.10 bits per heavy atom. The lowest BCUT2D eigenvalue weighted by molar-refractivity contribution is -0.131. The van der Waals surface area contributed by atoms with Gasteiger partial charge in [-0.05, 0) is 13.8 Å². The van der Waals surface area contributed by atoms with Gasteiger partial charge in [0.15, 0.2) is 0 Å². The zero-order valence-corrected chi connectivity index (χ0v) is 12.8. The minimum absolute atomic E-state index is 0.183. The second-order valence-corrected chi connectivity index (χ2v) is 5.13. The maximum Gasteiger partial charge on any atom is 0.342 e. The van der Waals surface area contributed by atoms with Crippen LogP contribution in [0.15, 0.2) is 0 Å². The molecule has 1 saturated heterocycles. The molecule has 0 N–H and O–H groups in total. The van der Waals surface area contributed by atoms with Gasteiger partial charge >= 0.3 is 6.03 Å². The van der Waals surface area contributed by atoms with Crippen LogP contribution in [0.5, 0.6) is 0 Å². The number of ether oxygens (including phenoxy) is 3. The van der Waals surface area contributed by atoms with Gasteiger partial charge in [-0.2, -0.15) is 0 Å². The maximum absolute atomic E-state index is 12.0. The number of carbonyl (C=O) groups is 2. The van der Waals surface area contributed by atoms with Crippen LogP contribution in [-0.2, 0) is 19.0 Å². The summed E-state index contributed by atoms with van der Waals surface area (Å²) in [5.74, 6) is -0.322. The number of imide groups is 1. The molecule has 0 aliphatic carbocycles. The molecule has 1 rings (SSSR count). The first-order valence-corrected chi connectivity index (χ1v) is 6.73. The number of methoxy groups -OCH3 is 1. The molecule has 116 valence electrons. The maximum atomic E-state index is 12.0. The summed E-state index contributed by atoms with van der Waals surface area (Å²) in [6.45, 7) is 5.53. The number of rotatable bonds is 9. The Morgan fingerprint density at radius 1 is 1.05 bits per heavy atom. The number of halogens is 1. The molecule has 0 radical (unpaired) electrons. The van der Waals surface area contributed by atoms with Crippen LogP contribution in [0.25, 0.3) is 0 Å². The van der Waals surface area contributed by atoms with Crippen molar-refractivity contribution in [1.29, 1.82) is 0 Å². The predicted molar refractivity (Wildman–Crippen MR) is 72.4 cm³/mol. The first kappa shape index (κ1) is 17.2. The molecule has 1 fully saturated rings. The van der Waals surface area contributed by atoms with E-state index in [-0.39, 0.29) is 19.1 Å². The normalized spacial score (nSPS) is 18.2. The van der Waals surface area contributed by atoms with Crippen LogP contribution in [0.3, 0.4) is 0 Å². The highest BCUT2D eigenvalue weighted by Crippen LogP contribution is 2.28. The fourth-order valence-corrected chi connectivity index (χ4v) is 1.83. The second kappa shape index (κ2) is 7.78. The minimum atomic E-state index is -1.01. The Morgan fingerprint density at radius 2 is 1.60 bits per heavy atom. The number of carbonyl (C=O) groups excluding carboxylic acids is 2. The topological polar surface area (TPSA) is 68.3 Å². The number of hydrogen-bond donors (Lipinski definition) is 0. The summed E-state index contributed by atoms with van der Waals surface area (Å²) in [5.41, 5.74) is -1.01. The third kappa shape index (κ3) is 4.05. The predicted octanol–water partition coefficient (Wildman–Crippen LogP) is 0.863. The molecule has 20 heavy (non-hydrogen) atoms. The molecular weight excluding hydrogens is 288 g/mol. The summed E-state index contributed by atoms with van der Waals surface area (Å²) in [6.07, 6.45) is 0. The van der Waals surface area contributed by atoms with Crippen LogP contribution in [0, 0.1) is 0 Å². The Bertz CT molecular complexity index is 351. The van der Waals surface area contributed by atoms with Crippen LogP contribution < -0.4 is 0 Å².